The van der Waals surface area contributed by atoms with Crippen molar-refractivity contribution in [1.82, 2.24) is 19.5 Å². The molecule has 4 heteroatoms. The lowest BCUT2D eigenvalue weighted by atomic mass is 9.63. The second kappa shape index (κ2) is 10.5. The summed E-state index contributed by atoms with van der Waals surface area (Å²) in [6.07, 6.45) is 3.37. The van der Waals surface area contributed by atoms with Gasteiger partial charge in [0.15, 0.2) is 5.82 Å². The van der Waals surface area contributed by atoms with E-state index in [1.54, 1.807) is 12.5 Å². The second-order valence-electron chi connectivity index (χ2n) is 11.7. The average Bonchev–Trinajstić information content (AvgIpc) is 3.54. The second-order valence-corrected chi connectivity index (χ2v) is 11.7. The van der Waals surface area contributed by atoms with Crippen LogP contribution in [-0.4, -0.2) is 19.5 Å². The maximum Gasteiger partial charge on any atom is 0.164 e. The number of benzene rings is 6. The predicted octanol–water partition coefficient (Wildman–Crippen LogP) is 9.51. The summed E-state index contributed by atoms with van der Waals surface area (Å²) in [5.41, 5.74) is 12.8. The quantitative estimate of drug-likeness (QED) is 0.201. The molecule has 46 heavy (non-hydrogen) atoms. The average molecular weight is 589 g/mol. The summed E-state index contributed by atoms with van der Waals surface area (Å²) in [7, 11) is 0. The highest BCUT2D eigenvalue weighted by Crippen LogP contribution is 2.54. The molecule has 8 aromatic rings. The van der Waals surface area contributed by atoms with Crippen LogP contribution < -0.4 is 0 Å². The lowest BCUT2D eigenvalue weighted by molar-refractivity contribution is 0.725. The number of para-hydroxylation sites is 1. The van der Waals surface area contributed by atoms with Crippen molar-refractivity contribution in [3.8, 4) is 39.5 Å². The molecule has 1 aliphatic rings. The number of rotatable bonds is 5. The summed E-state index contributed by atoms with van der Waals surface area (Å²) in [6.45, 7) is 0. The molecule has 0 unspecified atom stereocenters. The van der Waals surface area contributed by atoms with Crippen LogP contribution in [0.5, 0.6) is 0 Å². The van der Waals surface area contributed by atoms with Crippen molar-refractivity contribution >= 4 is 11.0 Å². The van der Waals surface area contributed by atoms with Crippen molar-refractivity contribution in [2.75, 3.05) is 0 Å². The molecule has 4 nitrogen and oxygen atoms in total. The van der Waals surface area contributed by atoms with E-state index in [0.29, 0.717) is 0 Å². The molecule has 3 heterocycles. The summed E-state index contributed by atoms with van der Waals surface area (Å²) in [5, 5.41) is 0. The van der Waals surface area contributed by atoms with E-state index in [1.165, 1.54) is 38.9 Å². The molecule has 0 radical (unpaired) electrons. The van der Waals surface area contributed by atoms with Crippen LogP contribution in [-0.2, 0) is 5.41 Å². The first-order valence-electron chi connectivity index (χ1n) is 15.5. The Morgan fingerprint density at radius 1 is 0.500 bits per heavy atom. The maximum absolute atomic E-state index is 5.20. The van der Waals surface area contributed by atoms with Gasteiger partial charge in [0.25, 0.3) is 0 Å². The number of fused-ring (bicyclic) bond motifs is 2. The summed E-state index contributed by atoms with van der Waals surface area (Å²) in [4.78, 5) is 14.0. The van der Waals surface area contributed by atoms with Crippen molar-refractivity contribution < 1.29 is 0 Å². The molecule has 2 aromatic heterocycles. The van der Waals surface area contributed by atoms with Gasteiger partial charge in [-0.2, -0.15) is 0 Å². The van der Waals surface area contributed by atoms with Crippen LogP contribution in [0.2, 0.25) is 0 Å². The Labute approximate surface area is 267 Å². The Morgan fingerprint density at radius 2 is 1.13 bits per heavy atom. The monoisotopic (exact) mass is 588 g/mol. The third kappa shape index (κ3) is 3.90. The van der Waals surface area contributed by atoms with Gasteiger partial charge in [0.1, 0.15) is 12.0 Å². The molecule has 6 aromatic carbocycles. The fraction of sp³-hybridized carbons (Fsp3) is 0.0238. The fourth-order valence-electron chi connectivity index (χ4n) is 7.29. The van der Waals surface area contributed by atoms with Crippen LogP contribution in [0.4, 0.5) is 0 Å². The minimum absolute atomic E-state index is 0.594. The number of hydrogen-bond acceptors (Lipinski definition) is 3. The Morgan fingerprint density at radius 3 is 1.83 bits per heavy atom. The highest BCUT2D eigenvalue weighted by molar-refractivity contribution is 5.93. The molecule has 1 aliphatic heterocycles. The summed E-state index contributed by atoms with van der Waals surface area (Å²) in [6, 6.07) is 56.6. The van der Waals surface area contributed by atoms with Crippen molar-refractivity contribution in [2.45, 2.75) is 5.41 Å². The highest BCUT2D eigenvalue weighted by atomic mass is 15.1. The molecule has 9 rings (SSSR count). The molecule has 0 saturated heterocycles. The van der Waals surface area contributed by atoms with E-state index in [1.807, 2.05) is 6.07 Å². The van der Waals surface area contributed by atoms with Gasteiger partial charge in [-0.25, -0.2) is 15.0 Å². The van der Waals surface area contributed by atoms with Crippen LogP contribution in [0.15, 0.2) is 170 Å². The maximum atomic E-state index is 5.20. The lowest BCUT2D eigenvalue weighted by Gasteiger charge is -2.41. The van der Waals surface area contributed by atoms with Crippen LogP contribution in [0, 0.1) is 0 Å². The van der Waals surface area contributed by atoms with Crippen LogP contribution >= 0.6 is 0 Å². The fourth-order valence-corrected chi connectivity index (χ4v) is 7.29. The highest BCUT2D eigenvalue weighted by Gasteiger charge is 2.45. The zero-order chi connectivity index (χ0) is 30.5. The van der Waals surface area contributed by atoms with E-state index < -0.39 is 5.41 Å². The summed E-state index contributed by atoms with van der Waals surface area (Å²) in [5.74, 6) is 0.805. The molecule has 0 bridgehead atoms. The molecule has 0 saturated carbocycles. The summed E-state index contributed by atoms with van der Waals surface area (Å²) < 4.78 is 2.30. The Kier molecular flexibility index (Phi) is 6.00. The first-order valence-corrected chi connectivity index (χ1v) is 15.5. The third-order valence-corrected chi connectivity index (χ3v) is 9.25. The van der Waals surface area contributed by atoms with E-state index in [4.69, 9.17) is 4.98 Å². The molecule has 0 amide bonds. The normalized spacial score (nSPS) is 13.0. The van der Waals surface area contributed by atoms with Gasteiger partial charge in [-0.3, -0.25) is 4.57 Å². The van der Waals surface area contributed by atoms with Crippen LogP contribution in [0.25, 0.3) is 50.5 Å². The first kappa shape index (κ1) is 26.3. The largest absolute Gasteiger partial charge is 0.290 e. The van der Waals surface area contributed by atoms with Crippen LogP contribution in [0.3, 0.4) is 0 Å². The van der Waals surface area contributed by atoms with Crippen LogP contribution in [0.1, 0.15) is 22.3 Å². The number of nitrogens with zero attached hydrogens (tertiary/aromatic N) is 4. The molecule has 0 spiro atoms. The Bertz CT molecular complexity index is 2310. The predicted molar refractivity (Wildman–Crippen MR) is 185 cm³/mol. The molecule has 216 valence electrons. The lowest BCUT2D eigenvalue weighted by Crippen LogP contribution is -2.35. The third-order valence-electron chi connectivity index (χ3n) is 9.25. The topological polar surface area (TPSA) is 43.6 Å². The van der Waals surface area contributed by atoms with Gasteiger partial charge >= 0.3 is 0 Å². The summed E-state index contributed by atoms with van der Waals surface area (Å²) >= 11 is 0. The van der Waals surface area contributed by atoms with E-state index in [0.717, 1.165) is 33.8 Å². The van der Waals surface area contributed by atoms with Gasteiger partial charge in [-0.05, 0) is 74.8 Å². The zero-order valence-corrected chi connectivity index (χ0v) is 25.0. The molecule has 0 fully saturated rings. The Hall–Kier alpha value is -6.13. The van der Waals surface area contributed by atoms with E-state index >= 15 is 0 Å². The van der Waals surface area contributed by atoms with E-state index in [2.05, 4.69) is 166 Å². The standard InChI is InChI=1S/C42H28N4/c1-4-12-29(13-5-1)30-14-10-15-31(26-30)32-22-23-39-36(27-32)42(33-16-6-2-7-17-33,34-18-8-3-9-19-34)35-20-11-21-37-40(35)46(39)41(45-37)38-24-25-43-28-44-38/h1-28H. The van der Waals surface area contributed by atoms with Gasteiger partial charge in [-0.15, -0.1) is 0 Å². The molecular formula is C42H28N4. The van der Waals surface area contributed by atoms with Crippen molar-refractivity contribution in [3.05, 3.63) is 193 Å². The van der Waals surface area contributed by atoms with Crippen molar-refractivity contribution in [2.24, 2.45) is 0 Å². The van der Waals surface area contributed by atoms with Gasteiger partial charge in [0.2, 0.25) is 0 Å². The van der Waals surface area contributed by atoms with Gasteiger partial charge in [-0.1, -0.05) is 127 Å². The molecular weight excluding hydrogens is 560 g/mol. The number of hydrogen-bond donors (Lipinski definition) is 0. The SMILES string of the molecule is c1ccc(-c2cccc(-c3ccc4c(c3)C(c3ccccc3)(c3ccccc3)c3cccc5nc(-c6ccncn6)n-4c35)c2)cc1. The smallest absolute Gasteiger partial charge is 0.164 e. The number of aromatic nitrogens is 4. The zero-order valence-electron chi connectivity index (χ0n) is 25.0. The molecule has 0 atom stereocenters. The molecule has 0 N–H and O–H groups in total. The minimum atomic E-state index is -0.594. The Balaban J connectivity index is 1.40. The van der Waals surface area contributed by atoms with E-state index in [-0.39, 0.29) is 0 Å². The van der Waals surface area contributed by atoms with Gasteiger partial charge < -0.3 is 0 Å². The minimum Gasteiger partial charge on any atom is -0.290 e. The first-order chi connectivity index (χ1) is 22.8. The van der Waals surface area contributed by atoms with Gasteiger partial charge in [0, 0.05) is 6.20 Å². The number of imidazole rings is 1. The van der Waals surface area contributed by atoms with Crippen molar-refractivity contribution in [3.63, 3.8) is 0 Å². The van der Waals surface area contributed by atoms with Crippen molar-refractivity contribution in [1.29, 1.82) is 0 Å². The van der Waals surface area contributed by atoms with E-state index in [9.17, 15) is 0 Å². The van der Waals surface area contributed by atoms with Gasteiger partial charge in [0.05, 0.1) is 22.1 Å². The molecule has 0 aliphatic carbocycles.